The van der Waals surface area contributed by atoms with E-state index in [-0.39, 0.29) is 11.9 Å². The highest BCUT2D eigenvalue weighted by atomic mass is 32.1. The molecule has 112 valence electrons. The summed E-state index contributed by atoms with van der Waals surface area (Å²) in [5.41, 5.74) is 7.92. The largest absolute Gasteiger partial charge is 0.397 e. The first-order valence-corrected chi connectivity index (χ1v) is 7.69. The lowest BCUT2D eigenvalue weighted by atomic mass is 10.1. The number of hydrogen-bond acceptors (Lipinski definition) is 5. The number of nitrogens with zero attached hydrogens (tertiary/aromatic N) is 1. The first-order chi connectivity index (χ1) is 10.0. The highest BCUT2D eigenvalue weighted by molar-refractivity contribution is 7.11. The van der Waals surface area contributed by atoms with E-state index < -0.39 is 0 Å². The molecule has 21 heavy (non-hydrogen) atoms. The smallest absolute Gasteiger partial charge is 0.251 e. The third-order valence-electron chi connectivity index (χ3n) is 3.20. The molecule has 0 aliphatic carbocycles. The number of hydrogen-bond donors (Lipinski definition) is 3. The lowest BCUT2D eigenvalue weighted by Gasteiger charge is -2.15. The van der Waals surface area contributed by atoms with Gasteiger partial charge < -0.3 is 16.4 Å². The minimum atomic E-state index is -0.145. The van der Waals surface area contributed by atoms with E-state index in [2.05, 4.69) is 22.5 Å². The number of thiazole rings is 1. The molecule has 1 amide bonds. The van der Waals surface area contributed by atoms with Crippen molar-refractivity contribution in [3.05, 3.63) is 39.8 Å². The summed E-state index contributed by atoms with van der Waals surface area (Å²) in [5.74, 6) is -0.145. The third-order valence-corrected chi connectivity index (χ3v) is 4.53. The number of carbonyl (C=O) groups excluding carboxylic acids is 1. The van der Waals surface area contributed by atoms with Crippen LogP contribution >= 0.6 is 11.3 Å². The molecule has 2 aromatic rings. The average Bonchev–Trinajstić information content (AvgIpc) is 2.97. The van der Waals surface area contributed by atoms with Gasteiger partial charge in [-0.3, -0.25) is 4.79 Å². The van der Waals surface area contributed by atoms with Gasteiger partial charge in [0.05, 0.1) is 17.4 Å². The zero-order chi connectivity index (χ0) is 15.4. The molecule has 0 saturated heterocycles. The summed E-state index contributed by atoms with van der Waals surface area (Å²) in [6.45, 7) is 4.16. The van der Waals surface area contributed by atoms with E-state index in [4.69, 9.17) is 5.73 Å². The molecule has 4 N–H and O–H groups in total. The molecule has 1 atom stereocenters. The van der Waals surface area contributed by atoms with Crippen molar-refractivity contribution in [1.82, 2.24) is 10.3 Å². The molecule has 1 heterocycles. The third kappa shape index (κ3) is 3.52. The lowest BCUT2D eigenvalue weighted by Crippen LogP contribution is -2.18. The molecule has 0 bridgehead atoms. The molecular formula is C15H20N4OS. The maximum absolute atomic E-state index is 11.6. The van der Waals surface area contributed by atoms with Gasteiger partial charge in [0.25, 0.3) is 5.91 Å². The normalized spacial score (nSPS) is 12.0. The van der Waals surface area contributed by atoms with Gasteiger partial charge >= 0.3 is 0 Å². The summed E-state index contributed by atoms with van der Waals surface area (Å²) in [6.07, 6.45) is 2.91. The van der Waals surface area contributed by atoms with Crippen molar-refractivity contribution in [2.75, 3.05) is 18.1 Å². The summed E-state index contributed by atoms with van der Waals surface area (Å²) >= 11 is 1.70. The zero-order valence-corrected chi connectivity index (χ0v) is 13.3. The monoisotopic (exact) mass is 304 g/mol. The Balaban J connectivity index is 2.13. The van der Waals surface area contributed by atoms with Gasteiger partial charge in [0.2, 0.25) is 0 Å². The molecule has 2 rings (SSSR count). The second-order valence-electron chi connectivity index (χ2n) is 4.77. The Morgan fingerprint density at radius 1 is 1.48 bits per heavy atom. The highest BCUT2D eigenvalue weighted by Gasteiger charge is 2.12. The number of aromatic nitrogens is 1. The van der Waals surface area contributed by atoms with Crippen LogP contribution in [0.5, 0.6) is 0 Å². The van der Waals surface area contributed by atoms with Crippen LogP contribution in [0.3, 0.4) is 0 Å². The van der Waals surface area contributed by atoms with Gasteiger partial charge in [-0.05, 0) is 31.5 Å². The van der Waals surface area contributed by atoms with Crippen molar-refractivity contribution in [3.63, 3.8) is 0 Å². The Morgan fingerprint density at radius 3 is 2.81 bits per heavy atom. The van der Waals surface area contributed by atoms with Crippen LogP contribution in [0.15, 0.2) is 24.4 Å². The second kappa shape index (κ2) is 6.58. The molecule has 0 fully saturated rings. The molecule has 1 unspecified atom stereocenters. The number of amides is 1. The van der Waals surface area contributed by atoms with Crippen molar-refractivity contribution >= 4 is 28.6 Å². The molecule has 5 nitrogen and oxygen atoms in total. The molecular weight excluding hydrogens is 284 g/mol. The van der Waals surface area contributed by atoms with E-state index in [9.17, 15) is 4.79 Å². The van der Waals surface area contributed by atoms with Gasteiger partial charge in [0, 0.05) is 23.7 Å². The topological polar surface area (TPSA) is 80.0 Å². The van der Waals surface area contributed by atoms with Crippen molar-refractivity contribution < 1.29 is 4.79 Å². The number of nitrogens with one attached hydrogen (secondary N) is 2. The van der Waals surface area contributed by atoms with E-state index in [1.807, 2.05) is 19.2 Å². The van der Waals surface area contributed by atoms with Crippen molar-refractivity contribution in [3.8, 4) is 0 Å². The van der Waals surface area contributed by atoms with Gasteiger partial charge in [-0.15, -0.1) is 11.3 Å². The predicted molar refractivity (Wildman–Crippen MR) is 87.8 cm³/mol. The molecule has 0 aliphatic heterocycles. The predicted octanol–water partition coefficient (Wildman–Crippen LogP) is 2.82. The van der Waals surface area contributed by atoms with Gasteiger partial charge in [-0.25, -0.2) is 4.98 Å². The Bertz CT molecular complexity index is 638. The first-order valence-electron chi connectivity index (χ1n) is 6.87. The van der Waals surface area contributed by atoms with Crippen LogP contribution in [0.4, 0.5) is 11.4 Å². The molecule has 0 aliphatic rings. The lowest BCUT2D eigenvalue weighted by molar-refractivity contribution is 0.0963. The molecule has 1 aromatic carbocycles. The quantitative estimate of drug-likeness (QED) is 0.742. The fraction of sp³-hybridized carbons (Fsp3) is 0.333. The first kappa shape index (κ1) is 15.3. The summed E-state index contributed by atoms with van der Waals surface area (Å²) in [4.78, 5) is 17.2. The van der Waals surface area contributed by atoms with Crippen LogP contribution < -0.4 is 16.4 Å². The summed E-state index contributed by atoms with van der Waals surface area (Å²) in [7, 11) is 1.60. The number of nitrogens with two attached hydrogens (primary N) is 1. The fourth-order valence-electron chi connectivity index (χ4n) is 1.96. The Kier molecular flexibility index (Phi) is 4.80. The number of benzene rings is 1. The van der Waals surface area contributed by atoms with Crippen molar-refractivity contribution in [2.24, 2.45) is 0 Å². The van der Waals surface area contributed by atoms with Crippen molar-refractivity contribution in [2.45, 2.75) is 26.3 Å². The van der Waals surface area contributed by atoms with Gasteiger partial charge in [-0.2, -0.15) is 0 Å². The zero-order valence-electron chi connectivity index (χ0n) is 12.4. The second-order valence-corrected chi connectivity index (χ2v) is 5.91. The molecule has 0 saturated carbocycles. The van der Waals surface area contributed by atoms with Gasteiger partial charge in [0.1, 0.15) is 5.01 Å². The molecule has 6 heteroatoms. The van der Waals surface area contributed by atoms with E-state index in [0.717, 1.165) is 17.1 Å². The van der Waals surface area contributed by atoms with Crippen LogP contribution in [-0.4, -0.2) is 17.9 Å². The van der Waals surface area contributed by atoms with Crippen molar-refractivity contribution in [1.29, 1.82) is 0 Å². The highest BCUT2D eigenvalue weighted by Crippen LogP contribution is 2.27. The Hall–Kier alpha value is -2.08. The standard InChI is InChI=1S/C15H20N4OS/c1-4-11-8-18-15(21-11)9(2)19-13-6-5-10(7-12(13)16)14(20)17-3/h5-9,19H,4,16H2,1-3H3,(H,17,20). The maximum Gasteiger partial charge on any atom is 0.251 e. The molecule has 0 radical (unpaired) electrons. The van der Waals surface area contributed by atoms with Crippen LogP contribution in [0.1, 0.15) is 40.1 Å². The number of aryl methyl sites for hydroxylation is 1. The SMILES string of the molecule is CCc1cnc(C(C)Nc2ccc(C(=O)NC)cc2N)s1. The van der Waals surface area contributed by atoms with Gasteiger partial charge in [-0.1, -0.05) is 6.92 Å². The van der Waals surface area contributed by atoms with Crippen LogP contribution in [0, 0.1) is 0 Å². The Labute approximate surface area is 128 Å². The van der Waals surface area contributed by atoms with Crippen LogP contribution in [-0.2, 0) is 6.42 Å². The van der Waals surface area contributed by atoms with Gasteiger partial charge in [0.15, 0.2) is 0 Å². The number of nitrogen functional groups attached to an aromatic ring is 1. The van der Waals surface area contributed by atoms with E-state index in [1.54, 1.807) is 30.5 Å². The summed E-state index contributed by atoms with van der Waals surface area (Å²) in [6, 6.07) is 5.32. The van der Waals surface area contributed by atoms with Crippen LogP contribution in [0.2, 0.25) is 0 Å². The fourth-order valence-corrected chi connectivity index (χ4v) is 2.82. The number of rotatable bonds is 5. The van der Waals surface area contributed by atoms with Crippen LogP contribution in [0.25, 0.3) is 0 Å². The number of carbonyl (C=O) groups is 1. The minimum Gasteiger partial charge on any atom is -0.397 e. The average molecular weight is 304 g/mol. The summed E-state index contributed by atoms with van der Waals surface area (Å²) < 4.78 is 0. The maximum atomic E-state index is 11.6. The van der Waals surface area contributed by atoms with E-state index >= 15 is 0 Å². The molecule has 0 spiro atoms. The molecule has 1 aromatic heterocycles. The number of anilines is 2. The van der Waals surface area contributed by atoms with E-state index in [0.29, 0.717) is 11.3 Å². The summed E-state index contributed by atoms with van der Waals surface area (Å²) in [5, 5.41) is 6.95. The Morgan fingerprint density at radius 2 is 2.24 bits per heavy atom. The van der Waals surface area contributed by atoms with E-state index in [1.165, 1.54) is 4.88 Å². The minimum absolute atomic E-state index is 0.0726.